The number of amides is 1. The molecule has 0 aliphatic heterocycles. The van der Waals surface area contributed by atoms with E-state index in [2.05, 4.69) is 5.32 Å². The molecule has 5 heteroatoms. The van der Waals surface area contributed by atoms with E-state index in [1.54, 1.807) is 6.07 Å². The fourth-order valence-corrected chi connectivity index (χ4v) is 1.24. The van der Waals surface area contributed by atoms with Crippen molar-refractivity contribution in [1.29, 1.82) is 0 Å². The summed E-state index contributed by atoms with van der Waals surface area (Å²) in [5.74, 6) is 1.28. The maximum absolute atomic E-state index is 10.2. The van der Waals surface area contributed by atoms with E-state index in [0.717, 1.165) is 0 Å². The summed E-state index contributed by atoms with van der Waals surface area (Å²) in [5.41, 5.74) is 0. The van der Waals surface area contributed by atoms with Crippen molar-refractivity contribution in [2.24, 2.45) is 0 Å². The molecule has 0 saturated carbocycles. The van der Waals surface area contributed by atoms with Crippen LogP contribution in [0.4, 0.5) is 4.79 Å². The predicted octanol–water partition coefficient (Wildman–Crippen LogP) is 2.12. The topological polar surface area (TPSA) is 67.8 Å². The van der Waals surface area contributed by atoms with Gasteiger partial charge in [0.1, 0.15) is 6.61 Å². The Bertz CT molecular complexity index is 365. The van der Waals surface area contributed by atoms with Gasteiger partial charge in [0.25, 0.3) is 0 Å². The summed E-state index contributed by atoms with van der Waals surface area (Å²) in [5, 5.41) is 10.6. The van der Waals surface area contributed by atoms with Crippen molar-refractivity contribution in [3.8, 4) is 11.5 Å². The average molecular weight is 239 g/mol. The van der Waals surface area contributed by atoms with Gasteiger partial charge < -0.3 is 19.9 Å². The number of carbonyl (C=O) groups is 1. The van der Waals surface area contributed by atoms with E-state index in [0.29, 0.717) is 11.5 Å². The smallest absolute Gasteiger partial charge is 0.404 e. The molecule has 2 N–H and O–H groups in total. The Morgan fingerprint density at radius 1 is 1.35 bits per heavy atom. The summed E-state index contributed by atoms with van der Waals surface area (Å²) in [6.45, 7) is 4.38. The number of nitrogens with one attached hydrogen (secondary N) is 1. The zero-order valence-corrected chi connectivity index (χ0v) is 9.97. The van der Waals surface area contributed by atoms with E-state index in [1.807, 2.05) is 32.0 Å². The SMILES string of the molecule is CC(C)Oc1ccccc1OCCNC(=O)O. The Balaban J connectivity index is 2.49. The highest BCUT2D eigenvalue weighted by atomic mass is 16.5. The van der Waals surface area contributed by atoms with Gasteiger partial charge in [-0.15, -0.1) is 0 Å². The van der Waals surface area contributed by atoms with Crippen LogP contribution in [0.1, 0.15) is 13.8 Å². The Hall–Kier alpha value is -1.91. The van der Waals surface area contributed by atoms with Gasteiger partial charge in [-0.3, -0.25) is 0 Å². The first kappa shape index (κ1) is 13.2. The number of ether oxygens (including phenoxy) is 2. The molecular weight excluding hydrogens is 222 g/mol. The zero-order valence-electron chi connectivity index (χ0n) is 9.97. The third-order valence-electron chi connectivity index (χ3n) is 1.85. The summed E-state index contributed by atoms with van der Waals surface area (Å²) in [6, 6.07) is 7.31. The van der Waals surface area contributed by atoms with E-state index in [-0.39, 0.29) is 19.3 Å². The summed E-state index contributed by atoms with van der Waals surface area (Å²) < 4.78 is 11.0. The van der Waals surface area contributed by atoms with Gasteiger partial charge in [-0.1, -0.05) is 12.1 Å². The Labute approximate surface area is 100 Å². The van der Waals surface area contributed by atoms with Crippen LogP contribution in [0, 0.1) is 0 Å². The lowest BCUT2D eigenvalue weighted by atomic mass is 10.3. The molecule has 0 radical (unpaired) electrons. The summed E-state index contributed by atoms with van der Waals surface area (Å²) in [6.07, 6.45) is -0.989. The molecule has 0 fully saturated rings. The quantitative estimate of drug-likeness (QED) is 0.746. The van der Waals surface area contributed by atoms with Crippen molar-refractivity contribution in [3.05, 3.63) is 24.3 Å². The van der Waals surface area contributed by atoms with Crippen LogP contribution in [0.2, 0.25) is 0 Å². The van der Waals surface area contributed by atoms with Crippen molar-refractivity contribution in [1.82, 2.24) is 5.32 Å². The van der Waals surface area contributed by atoms with Crippen LogP contribution < -0.4 is 14.8 Å². The first-order valence-electron chi connectivity index (χ1n) is 5.45. The van der Waals surface area contributed by atoms with E-state index in [9.17, 15) is 4.79 Å². The van der Waals surface area contributed by atoms with Crippen molar-refractivity contribution < 1.29 is 19.4 Å². The van der Waals surface area contributed by atoms with Crippen LogP contribution in [-0.4, -0.2) is 30.5 Å². The molecule has 1 aromatic carbocycles. The second-order valence-electron chi connectivity index (χ2n) is 3.69. The standard InChI is InChI=1S/C12H17NO4/c1-9(2)17-11-6-4-3-5-10(11)16-8-7-13-12(14)15/h3-6,9,13H,7-8H2,1-2H3,(H,14,15). The van der Waals surface area contributed by atoms with Crippen molar-refractivity contribution >= 4 is 6.09 Å². The molecule has 5 nitrogen and oxygen atoms in total. The molecule has 0 unspecified atom stereocenters. The maximum atomic E-state index is 10.2. The van der Waals surface area contributed by atoms with Crippen LogP contribution in [0.15, 0.2) is 24.3 Å². The second-order valence-corrected chi connectivity index (χ2v) is 3.69. The zero-order chi connectivity index (χ0) is 12.7. The molecule has 0 bridgehead atoms. The number of rotatable bonds is 6. The second kappa shape index (κ2) is 6.62. The van der Waals surface area contributed by atoms with E-state index in [1.165, 1.54) is 0 Å². The number of hydrogen-bond donors (Lipinski definition) is 2. The minimum absolute atomic E-state index is 0.0666. The number of para-hydroxylation sites is 2. The molecular formula is C12H17NO4. The molecule has 0 heterocycles. The van der Waals surface area contributed by atoms with Crippen molar-refractivity contribution in [2.75, 3.05) is 13.2 Å². The third-order valence-corrected chi connectivity index (χ3v) is 1.85. The monoisotopic (exact) mass is 239 g/mol. The van der Waals surface area contributed by atoms with Gasteiger partial charge in [-0.2, -0.15) is 0 Å². The molecule has 1 aromatic rings. The van der Waals surface area contributed by atoms with Crippen molar-refractivity contribution in [3.63, 3.8) is 0 Å². The van der Waals surface area contributed by atoms with Crippen LogP contribution in [-0.2, 0) is 0 Å². The highest BCUT2D eigenvalue weighted by Crippen LogP contribution is 2.27. The average Bonchev–Trinajstić information content (AvgIpc) is 2.25. The van der Waals surface area contributed by atoms with Gasteiger partial charge >= 0.3 is 6.09 Å². The summed E-state index contributed by atoms with van der Waals surface area (Å²) in [4.78, 5) is 10.2. The molecule has 0 spiro atoms. The summed E-state index contributed by atoms with van der Waals surface area (Å²) in [7, 11) is 0. The van der Waals surface area contributed by atoms with Crippen LogP contribution >= 0.6 is 0 Å². The molecule has 1 rings (SSSR count). The normalized spacial score (nSPS) is 10.1. The molecule has 0 saturated heterocycles. The van der Waals surface area contributed by atoms with Gasteiger partial charge in [0, 0.05) is 0 Å². The van der Waals surface area contributed by atoms with Crippen molar-refractivity contribution in [2.45, 2.75) is 20.0 Å². The Kier molecular flexibility index (Phi) is 5.13. The Morgan fingerprint density at radius 3 is 2.59 bits per heavy atom. The highest BCUT2D eigenvalue weighted by Gasteiger charge is 2.05. The fraction of sp³-hybridized carbons (Fsp3) is 0.417. The molecule has 0 atom stereocenters. The van der Waals surface area contributed by atoms with Gasteiger partial charge in [0.15, 0.2) is 11.5 Å². The number of benzene rings is 1. The molecule has 0 aliphatic carbocycles. The van der Waals surface area contributed by atoms with Crippen LogP contribution in [0.25, 0.3) is 0 Å². The number of carboxylic acid groups (broad SMARTS) is 1. The van der Waals surface area contributed by atoms with Gasteiger partial charge in [-0.05, 0) is 26.0 Å². The summed E-state index contributed by atoms with van der Waals surface area (Å²) >= 11 is 0. The first-order chi connectivity index (χ1) is 8.09. The molecule has 1 amide bonds. The minimum atomic E-state index is -1.06. The van der Waals surface area contributed by atoms with Crippen LogP contribution in [0.5, 0.6) is 11.5 Å². The van der Waals surface area contributed by atoms with E-state index >= 15 is 0 Å². The molecule has 0 aromatic heterocycles. The Morgan fingerprint density at radius 2 is 2.00 bits per heavy atom. The van der Waals surface area contributed by atoms with E-state index < -0.39 is 6.09 Å². The van der Waals surface area contributed by atoms with Crippen LogP contribution in [0.3, 0.4) is 0 Å². The fourth-order valence-electron chi connectivity index (χ4n) is 1.24. The molecule has 94 valence electrons. The lowest BCUT2D eigenvalue weighted by molar-refractivity contribution is 0.189. The highest BCUT2D eigenvalue weighted by molar-refractivity contribution is 5.64. The third kappa shape index (κ3) is 5.10. The van der Waals surface area contributed by atoms with Gasteiger partial charge in [0.05, 0.1) is 12.6 Å². The van der Waals surface area contributed by atoms with Gasteiger partial charge in [0.2, 0.25) is 0 Å². The maximum Gasteiger partial charge on any atom is 0.404 e. The minimum Gasteiger partial charge on any atom is -0.488 e. The number of hydrogen-bond acceptors (Lipinski definition) is 3. The predicted molar refractivity (Wildman–Crippen MR) is 63.7 cm³/mol. The van der Waals surface area contributed by atoms with E-state index in [4.69, 9.17) is 14.6 Å². The molecule has 0 aliphatic rings. The van der Waals surface area contributed by atoms with Gasteiger partial charge in [-0.25, -0.2) is 4.79 Å². The lowest BCUT2D eigenvalue weighted by Crippen LogP contribution is -2.26. The first-order valence-corrected chi connectivity index (χ1v) is 5.45. The largest absolute Gasteiger partial charge is 0.488 e. The molecule has 17 heavy (non-hydrogen) atoms. The lowest BCUT2D eigenvalue weighted by Gasteiger charge is -2.14.